The van der Waals surface area contributed by atoms with Crippen LogP contribution in [-0.2, 0) is 24.3 Å². The zero-order valence-electron chi connectivity index (χ0n) is 19.0. The molecular weight excluding hydrogens is 468 g/mol. The number of rotatable bonds is 9. The summed E-state index contributed by atoms with van der Waals surface area (Å²) in [5, 5.41) is 14.5. The number of benzene rings is 1. The van der Waals surface area contributed by atoms with Crippen molar-refractivity contribution in [3.8, 4) is 5.75 Å². The van der Waals surface area contributed by atoms with Crippen molar-refractivity contribution in [2.45, 2.75) is 31.3 Å². The minimum Gasteiger partial charge on any atom is -0.495 e. The van der Waals surface area contributed by atoms with Gasteiger partial charge in [-0.25, -0.2) is 13.2 Å². The van der Waals surface area contributed by atoms with E-state index in [9.17, 15) is 22.8 Å². The quantitative estimate of drug-likeness (QED) is 0.393. The fourth-order valence-electron chi connectivity index (χ4n) is 2.34. The van der Waals surface area contributed by atoms with Gasteiger partial charge in [-0.05, 0) is 45.0 Å². The number of aromatic nitrogens is 2. The van der Waals surface area contributed by atoms with Gasteiger partial charge in [-0.1, -0.05) is 0 Å². The van der Waals surface area contributed by atoms with Gasteiger partial charge in [0, 0.05) is 11.8 Å². The fraction of sp³-hybridized carbons (Fsp3) is 0.350. The van der Waals surface area contributed by atoms with E-state index in [-0.39, 0.29) is 23.8 Å². The molecule has 0 unspecified atom stereocenters. The van der Waals surface area contributed by atoms with Gasteiger partial charge in [0.25, 0.3) is 10.0 Å². The lowest BCUT2D eigenvalue weighted by Crippen LogP contribution is -2.41. The number of methoxy groups -OCH3 is 1. The SMILES string of the molecule is COc1cnnc(NS(=O)(=O)c2ccc(NC(=O)CNC(=O)CNC(=O)OC(C)(C)C)cc2)c1. The summed E-state index contributed by atoms with van der Waals surface area (Å²) in [4.78, 5) is 35.2. The highest BCUT2D eigenvalue weighted by atomic mass is 32.2. The summed E-state index contributed by atoms with van der Waals surface area (Å²) < 4.78 is 37.3. The van der Waals surface area contributed by atoms with Crippen molar-refractivity contribution in [2.24, 2.45) is 0 Å². The summed E-state index contributed by atoms with van der Waals surface area (Å²) in [5.74, 6) is -0.827. The molecule has 0 atom stereocenters. The molecule has 0 spiro atoms. The molecule has 1 aromatic carbocycles. The van der Waals surface area contributed by atoms with Crippen molar-refractivity contribution < 1.29 is 32.3 Å². The molecule has 0 aliphatic rings. The maximum Gasteiger partial charge on any atom is 0.408 e. The summed E-state index contributed by atoms with van der Waals surface area (Å²) in [6, 6.07) is 6.71. The van der Waals surface area contributed by atoms with Gasteiger partial charge in [0.15, 0.2) is 5.82 Å². The van der Waals surface area contributed by atoms with Crippen LogP contribution in [0.1, 0.15) is 20.8 Å². The molecule has 184 valence electrons. The van der Waals surface area contributed by atoms with E-state index in [2.05, 4.69) is 30.9 Å². The lowest BCUT2D eigenvalue weighted by Gasteiger charge is -2.19. The van der Waals surface area contributed by atoms with Gasteiger partial charge in [0.05, 0.1) is 24.7 Å². The molecule has 0 radical (unpaired) electrons. The largest absolute Gasteiger partial charge is 0.495 e. The number of carbonyl (C=O) groups excluding carboxylic acids is 3. The molecule has 0 saturated carbocycles. The van der Waals surface area contributed by atoms with Crippen LogP contribution in [0.3, 0.4) is 0 Å². The Morgan fingerprint density at radius 1 is 1.00 bits per heavy atom. The number of hydrogen-bond donors (Lipinski definition) is 4. The van der Waals surface area contributed by atoms with Crippen LogP contribution in [0.2, 0.25) is 0 Å². The van der Waals surface area contributed by atoms with Crippen molar-refractivity contribution in [1.82, 2.24) is 20.8 Å². The Balaban J connectivity index is 1.84. The molecule has 0 aliphatic heterocycles. The van der Waals surface area contributed by atoms with Crippen LogP contribution in [0.25, 0.3) is 0 Å². The third kappa shape index (κ3) is 8.90. The van der Waals surface area contributed by atoms with E-state index in [1.807, 2.05) is 0 Å². The van der Waals surface area contributed by atoms with Crippen LogP contribution < -0.4 is 25.4 Å². The van der Waals surface area contributed by atoms with Gasteiger partial charge in [0.1, 0.15) is 17.9 Å². The second-order valence-electron chi connectivity index (χ2n) is 7.79. The average molecular weight is 495 g/mol. The normalized spacial score (nSPS) is 11.2. The molecule has 34 heavy (non-hydrogen) atoms. The number of hydrogen-bond acceptors (Lipinski definition) is 9. The van der Waals surface area contributed by atoms with Crippen LogP contribution in [-0.4, -0.2) is 62.3 Å². The van der Waals surface area contributed by atoms with Crippen LogP contribution in [0.5, 0.6) is 5.75 Å². The Labute approximate surface area is 196 Å². The highest BCUT2D eigenvalue weighted by molar-refractivity contribution is 7.92. The van der Waals surface area contributed by atoms with Crippen LogP contribution in [0.15, 0.2) is 41.4 Å². The number of alkyl carbamates (subject to hydrolysis) is 1. The minimum absolute atomic E-state index is 0.0198. The summed E-state index contributed by atoms with van der Waals surface area (Å²) in [5.41, 5.74) is -0.388. The second kappa shape index (κ2) is 11.3. The van der Waals surface area contributed by atoms with E-state index in [1.165, 1.54) is 43.6 Å². The third-order valence-electron chi connectivity index (χ3n) is 3.79. The van der Waals surface area contributed by atoms with E-state index >= 15 is 0 Å². The standard InChI is InChI=1S/C20H26N6O7S/c1-20(2,3)33-19(29)22-11-17(27)21-12-18(28)24-13-5-7-15(8-6-13)34(30,31)26-16-9-14(32-4)10-23-25-16/h5-10H,11-12H2,1-4H3,(H,21,27)(H,22,29)(H,24,28)(H,25,26). The Morgan fingerprint density at radius 2 is 1.65 bits per heavy atom. The molecule has 0 fully saturated rings. The van der Waals surface area contributed by atoms with Gasteiger partial charge in [-0.15, -0.1) is 5.10 Å². The number of amides is 3. The maximum atomic E-state index is 12.5. The number of carbonyl (C=O) groups is 3. The van der Waals surface area contributed by atoms with Gasteiger partial charge in [-0.3, -0.25) is 14.3 Å². The molecule has 2 aromatic rings. The lowest BCUT2D eigenvalue weighted by molar-refractivity contribution is -0.123. The van der Waals surface area contributed by atoms with Crippen molar-refractivity contribution in [3.05, 3.63) is 36.5 Å². The van der Waals surface area contributed by atoms with Crippen molar-refractivity contribution >= 4 is 39.4 Å². The van der Waals surface area contributed by atoms with Gasteiger partial charge < -0.3 is 25.4 Å². The molecule has 1 heterocycles. The summed E-state index contributed by atoms with van der Waals surface area (Å²) >= 11 is 0. The molecule has 4 N–H and O–H groups in total. The van der Waals surface area contributed by atoms with Crippen LogP contribution in [0.4, 0.5) is 16.3 Å². The van der Waals surface area contributed by atoms with E-state index < -0.39 is 33.5 Å². The molecule has 0 bridgehead atoms. The smallest absolute Gasteiger partial charge is 0.408 e. The maximum absolute atomic E-state index is 12.5. The monoisotopic (exact) mass is 494 g/mol. The van der Waals surface area contributed by atoms with E-state index in [0.29, 0.717) is 11.4 Å². The van der Waals surface area contributed by atoms with E-state index in [4.69, 9.17) is 9.47 Å². The summed E-state index contributed by atoms with van der Waals surface area (Å²) in [6.07, 6.45) is 0.574. The molecule has 3 amide bonds. The fourth-order valence-corrected chi connectivity index (χ4v) is 3.32. The predicted molar refractivity (Wildman–Crippen MR) is 122 cm³/mol. The summed E-state index contributed by atoms with van der Waals surface area (Å²) in [7, 11) is -2.54. The number of nitrogens with one attached hydrogen (secondary N) is 4. The Hall–Kier alpha value is -3.94. The average Bonchev–Trinajstić information content (AvgIpc) is 2.75. The molecule has 0 saturated heterocycles. The number of anilines is 2. The highest BCUT2D eigenvalue weighted by Crippen LogP contribution is 2.19. The van der Waals surface area contributed by atoms with Gasteiger partial charge in [-0.2, -0.15) is 5.10 Å². The van der Waals surface area contributed by atoms with E-state index in [0.717, 1.165) is 0 Å². The van der Waals surface area contributed by atoms with Gasteiger partial charge in [0.2, 0.25) is 11.8 Å². The first-order valence-electron chi connectivity index (χ1n) is 9.91. The molecule has 0 aliphatic carbocycles. The topological polar surface area (TPSA) is 178 Å². The van der Waals surface area contributed by atoms with E-state index in [1.54, 1.807) is 20.8 Å². The van der Waals surface area contributed by atoms with Gasteiger partial charge >= 0.3 is 6.09 Å². The minimum atomic E-state index is -3.95. The molecule has 13 nitrogen and oxygen atoms in total. The number of ether oxygens (including phenoxy) is 2. The van der Waals surface area contributed by atoms with Crippen LogP contribution >= 0.6 is 0 Å². The van der Waals surface area contributed by atoms with Crippen molar-refractivity contribution in [3.63, 3.8) is 0 Å². The zero-order valence-corrected chi connectivity index (χ0v) is 19.9. The zero-order chi connectivity index (χ0) is 25.4. The van der Waals surface area contributed by atoms with Crippen LogP contribution in [0, 0.1) is 0 Å². The third-order valence-corrected chi connectivity index (χ3v) is 5.16. The molecular formula is C20H26N6O7S. The first-order chi connectivity index (χ1) is 15.9. The second-order valence-corrected chi connectivity index (χ2v) is 9.47. The Bertz CT molecular complexity index is 1130. The lowest BCUT2D eigenvalue weighted by atomic mass is 10.2. The Morgan fingerprint density at radius 3 is 2.26 bits per heavy atom. The molecule has 2 rings (SSSR count). The van der Waals surface area contributed by atoms with Crippen molar-refractivity contribution in [2.75, 3.05) is 30.2 Å². The molecule has 1 aromatic heterocycles. The number of sulfonamides is 1. The Kier molecular flexibility index (Phi) is 8.72. The first-order valence-corrected chi connectivity index (χ1v) is 11.4. The highest BCUT2D eigenvalue weighted by Gasteiger charge is 2.18. The molecule has 14 heteroatoms. The first kappa shape index (κ1) is 26.3. The van der Waals surface area contributed by atoms with Crippen molar-refractivity contribution in [1.29, 1.82) is 0 Å². The predicted octanol–water partition coefficient (Wildman–Crippen LogP) is 0.865. The summed E-state index contributed by atoms with van der Waals surface area (Å²) in [6.45, 7) is 4.34. The number of nitrogens with zero attached hydrogens (tertiary/aromatic N) is 2.